The second-order valence-electron chi connectivity index (χ2n) is 6.32. The van der Waals surface area contributed by atoms with Gasteiger partial charge >= 0.3 is 12.0 Å². The highest BCUT2D eigenvalue weighted by molar-refractivity contribution is 6.04. The van der Waals surface area contributed by atoms with Gasteiger partial charge in [0.2, 0.25) is 0 Å². The van der Waals surface area contributed by atoms with Gasteiger partial charge in [0.1, 0.15) is 0 Å². The van der Waals surface area contributed by atoms with Crippen LogP contribution in [0, 0.1) is 5.92 Å². The number of nitrogens with one attached hydrogen (secondary N) is 2. The molecule has 3 amide bonds. The lowest BCUT2D eigenvalue weighted by molar-refractivity contribution is -0.141. The Balaban J connectivity index is 1.54. The first-order chi connectivity index (χ1) is 13.0. The number of hydrogen-bond acceptors (Lipinski definition) is 4. The molecule has 1 unspecified atom stereocenters. The average Bonchev–Trinajstić information content (AvgIpc) is 3.18. The smallest absolute Gasteiger partial charge is 0.317 e. The molecular weight excluding hydrogens is 348 g/mol. The summed E-state index contributed by atoms with van der Waals surface area (Å²) < 4.78 is 0. The van der Waals surface area contributed by atoms with Crippen LogP contribution in [-0.2, 0) is 11.3 Å². The summed E-state index contributed by atoms with van der Waals surface area (Å²) in [4.78, 5) is 40.7. The van der Waals surface area contributed by atoms with Gasteiger partial charge in [-0.05, 0) is 36.2 Å². The van der Waals surface area contributed by atoms with Gasteiger partial charge in [-0.15, -0.1) is 0 Å². The number of carboxylic acids is 1. The van der Waals surface area contributed by atoms with E-state index in [-0.39, 0.29) is 25.0 Å². The number of urea groups is 1. The van der Waals surface area contributed by atoms with E-state index in [1.54, 1.807) is 42.7 Å². The molecule has 1 aliphatic heterocycles. The molecule has 27 heavy (non-hydrogen) atoms. The van der Waals surface area contributed by atoms with Gasteiger partial charge in [0.25, 0.3) is 5.91 Å². The molecule has 0 bridgehead atoms. The second kappa shape index (κ2) is 8.31. The van der Waals surface area contributed by atoms with Crippen LogP contribution in [0.1, 0.15) is 22.3 Å². The molecular formula is C19H20N4O4. The van der Waals surface area contributed by atoms with Crippen molar-refractivity contribution in [1.29, 1.82) is 0 Å². The molecule has 2 aromatic rings. The first kappa shape index (κ1) is 18.4. The number of nitrogens with zero attached hydrogens (tertiary/aromatic N) is 2. The number of aliphatic carboxylic acids is 1. The van der Waals surface area contributed by atoms with Gasteiger partial charge in [0.15, 0.2) is 0 Å². The highest BCUT2D eigenvalue weighted by Crippen LogP contribution is 2.17. The van der Waals surface area contributed by atoms with E-state index < -0.39 is 11.9 Å². The third-order valence-electron chi connectivity index (χ3n) is 4.40. The van der Waals surface area contributed by atoms with Crippen molar-refractivity contribution in [3.05, 3.63) is 59.9 Å². The SMILES string of the molecule is O=C(Nc1cccc(CNC(=O)N2CCC(C(=O)O)C2)c1)c1ccncc1. The fraction of sp³-hybridized carbons (Fsp3) is 0.263. The topological polar surface area (TPSA) is 112 Å². The Morgan fingerprint density at radius 3 is 2.67 bits per heavy atom. The average molecular weight is 368 g/mol. The molecule has 1 aromatic carbocycles. The van der Waals surface area contributed by atoms with E-state index in [1.165, 1.54) is 4.90 Å². The van der Waals surface area contributed by atoms with Gasteiger partial charge in [-0.3, -0.25) is 14.6 Å². The third-order valence-corrected chi connectivity index (χ3v) is 4.40. The van der Waals surface area contributed by atoms with Gasteiger partial charge in [-0.1, -0.05) is 12.1 Å². The van der Waals surface area contributed by atoms with Crippen LogP contribution in [0.5, 0.6) is 0 Å². The molecule has 3 N–H and O–H groups in total. The molecule has 0 spiro atoms. The Kier molecular flexibility index (Phi) is 5.65. The molecule has 1 fully saturated rings. The summed E-state index contributed by atoms with van der Waals surface area (Å²) in [7, 11) is 0. The maximum Gasteiger partial charge on any atom is 0.317 e. The van der Waals surface area contributed by atoms with Crippen LogP contribution in [0.3, 0.4) is 0 Å². The number of amides is 3. The predicted molar refractivity (Wildman–Crippen MR) is 98.2 cm³/mol. The quantitative estimate of drug-likeness (QED) is 0.747. The molecule has 140 valence electrons. The number of carbonyl (C=O) groups is 3. The number of carbonyl (C=O) groups excluding carboxylic acids is 2. The van der Waals surface area contributed by atoms with Crippen molar-refractivity contribution in [2.75, 3.05) is 18.4 Å². The molecule has 2 heterocycles. The van der Waals surface area contributed by atoms with E-state index in [0.717, 1.165) is 5.56 Å². The molecule has 1 aliphatic rings. The molecule has 1 aromatic heterocycles. The molecule has 0 radical (unpaired) electrons. The minimum absolute atomic E-state index is 0.225. The molecule has 8 heteroatoms. The van der Waals surface area contributed by atoms with Crippen LogP contribution >= 0.6 is 0 Å². The van der Waals surface area contributed by atoms with Crippen LogP contribution in [0.4, 0.5) is 10.5 Å². The normalized spacial score (nSPS) is 16.0. The summed E-state index contributed by atoms with van der Waals surface area (Å²) in [6, 6.07) is 10.1. The van der Waals surface area contributed by atoms with Gasteiger partial charge in [0.05, 0.1) is 5.92 Å². The number of rotatable bonds is 5. The number of pyridine rings is 1. The third kappa shape index (κ3) is 4.81. The Bertz CT molecular complexity index is 841. The predicted octanol–water partition coefficient (Wildman–Crippen LogP) is 1.95. The number of benzene rings is 1. The van der Waals surface area contributed by atoms with Crippen molar-refractivity contribution < 1.29 is 19.5 Å². The zero-order valence-electron chi connectivity index (χ0n) is 14.6. The lowest BCUT2D eigenvalue weighted by Gasteiger charge is -2.17. The van der Waals surface area contributed by atoms with E-state index in [2.05, 4.69) is 15.6 Å². The summed E-state index contributed by atoms with van der Waals surface area (Å²) in [5.41, 5.74) is 1.95. The lowest BCUT2D eigenvalue weighted by atomic mass is 10.1. The number of hydrogen-bond donors (Lipinski definition) is 3. The van der Waals surface area contributed by atoms with Crippen molar-refractivity contribution in [2.24, 2.45) is 5.92 Å². The first-order valence-corrected chi connectivity index (χ1v) is 8.59. The van der Waals surface area contributed by atoms with Crippen molar-refractivity contribution in [3.63, 3.8) is 0 Å². The summed E-state index contributed by atoms with van der Waals surface area (Å²) in [6.07, 6.45) is 3.57. The fourth-order valence-corrected chi connectivity index (χ4v) is 2.90. The van der Waals surface area contributed by atoms with Crippen LogP contribution in [-0.4, -0.2) is 46.0 Å². The molecule has 3 rings (SSSR count). The van der Waals surface area contributed by atoms with Crippen molar-refractivity contribution >= 4 is 23.6 Å². The highest BCUT2D eigenvalue weighted by Gasteiger charge is 2.30. The largest absolute Gasteiger partial charge is 0.481 e. The summed E-state index contributed by atoms with van der Waals surface area (Å²) in [5.74, 6) is -1.61. The Hall–Kier alpha value is -3.42. The minimum Gasteiger partial charge on any atom is -0.481 e. The zero-order chi connectivity index (χ0) is 19.2. The standard InChI is InChI=1S/C19H20N4O4/c24-17(14-4-7-20-8-5-14)22-16-3-1-2-13(10-16)11-21-19(27)23-9-6-15(12-23)18(25)26/h1-5,7-8,10,15H,6,9,11-12H2,(H,21,27)(H,22,24)(H,25,26). The van der Waals surface area contributed by atoms with Gasteiger partial charge in [-0.25, -0.2) is 4.79 Å². The summed E-state index contributed by atoms with van der Waals surface area (Å²) in [5, 5.41) is 14.6. The van der Waals surface area contributed by atoms with Gasteiger partial charge in [-0.2, -0.15) is 0 Å². The maximum absolute atomic E-state index is 12.2. The number of aromatic nitrogens is 1. The van der Waals surface area contributed by atoms with Crippen molar-refractivity contribution in [3.8, 4) is 0 Å². The number of anilines is 1. The van der Waals surface area contributed by atoms with Gasteiger partial charge < -0.3 is 20.6 Å². The molecule has 8 nitrogen and oxygen atoms in total. The molecule has 1 saturated heterocycles. The molecule has 0 saturated carbocycles. The molecule has 0 aliphatic carbocycles. The lowest BCUT2D eigenvalue weighted by Crippen LogP contribution is -2.38. The van der Waals surface area contributed by atoms with E-state index in [1.807, 2.05) is 6.07 Å². The summed E-state index contributed by atoms with van der Waals surface area (Å²) >= 11 is 0. The minimum atomic E-state index is -0.872. The maximum atomic E-state index is 12.2. The molecule has 1 atom stereocenters. The van der Waals surface area contributed by atoms with E-state index >= 15 is 0 Å². The van der Waals surface area contributed by atoms with E-state index in [9.17, 15) is 14.4 Å². The number of likely N-dealkylation sites (tertiary alicyclic amines) is 1. The monoisotopic (exact) mass is 368 g/mol. The van der Waals surface area contributed by atoms with Gasteiger partial charge in [0, 0.05) is 43.3 Å². The zero-order valence-corrected chi connectivity index (χ0v) is 14.6. The fourth-order valence-electron chi connectivity index (χ4n) is 2.90. The van der Waals surface area contributed by atoms with Crippen molar-refractivity contribution in [1.82, 2.24) is 15.2 Å². The Morgan fingerprint density at radius 2 is 1.96 bits per heavy atom. The Labute approximate surface area is 156 Å². The summed E-state index contributed by atoms with van der Waals surface area (Å²) in [6.45, 7) is 0.945. The van der Waals surface area contributed by atoms with Crippen LogP contribution < -0.4 is 10.6 Å². The first-order valence-electron chi connectivity index (χ1n) is 8.59. The highest BCUT2D eigenvalue weighted by atomic mass is 16.4. The van der Waals surface area contributed by atoms with Crippen LogP contribution in [0.2, 0.25) is 0 Å². The van der Waals surface area contributed by atoms with E-state index in [0.29, 0.717) is 24.2 Å². The number of carboxylic acid groups (broad SMARTS) is 1. The van der Waals surface area contributed by atoms with Crippen LogP contribution in [0.15, 0.2) is 48.8 Å². The van der Waals surface area contributed by atoms with Crippen molar-refractivity contribution in [2.45, 2.75) is 13.0 Å². The Morgan fingerprint density at radius 1 is 1.19 bits per heavy atom. The van der Waals surface area contributed by atoms with Crippen LogP contribution in [0.25, 0.3) is 0 Å². The van der Waals surface area contributed by atoms with E-state index in [4.69, 9.17) is 5.11 Å². The second-order valence-corrected chi connectivity index (χ2v) is 6.32.